The molecule has 1 aromatic carbocycles. The van der Waals surface area contributed by atoms with Gasteiger partial charge in [-0.1, -0.05) is 31.9 Å². The minimum atomic E-state index is -0.922. The highest BCUT2D eigenvalue weighted by Gasteiger charge is 2.34. The summed E-state index contributed by atoms with van der Waals surface area (Å²) in [6, 6.07) is 7.23. The molecule has 3 N–H and O–H groups in total. The first-order valence-electron chi connectivity index (χ1n) is 9.35. The zero-order valence-electron chi connectivity index (χ0n) is 16.1. The smallest absolute Gasteiger partial charge is 0.360 e. The Morgan fingerprint density at radius 2 is 1.86 bits per heavy atom. The van der Waals surface area contributed by atoms with Crippen molar-refractivity contribution in [3.05, 3.63) is 41.7 Å². The molecule has 1 amide bonds. The molecule has 0 radical (unpaired) electrons. The van der Waals surface area contributed by atoms with E-state index >= 15 is 0 Å². The lowest BCUT2D eigenvalue weighted by Crippen LogP contribution is -2.44. The third-order valence-corrected chi connectivity index (χ3v) is 4.51. The first-order valence-corrected chi connectivity index (χ1v) is 9.35. The Labute approximate surface area is 171 Å². The summed E-state index contributed by atoms with van der Waals surface area (Å²) in [6.07, 6.45) is 7.87. The fourth-order valence-electron chi connectivity index (χ4n) is 3.06. The molecule has 28 heavy (non-hydrogen) atoms. The summed E-state index contributed by atoms with van der Waals surface area (Å²) in [5, 5.41) is 21.0. The van der Waals surface area contributed by atoms with Crippen molar-refractivity contribution >= 4 is 36.3 Å². The molecule has 0 spiro atoms. The number of quaternary nitrogens is 1. The molecule has 2 rings (SSSR count). The summed E-state index contributed by atoms with van der Waals surface area (Å²) in [4.78, 5) is 27.9. The van der Waals surface area contributed by atoms with E-state index in [1.165, 1.54) is 0 Å². The molecule has 7 nitrogen and oxygen atoms in total. The molecule has 1 aromatic rings. The van der Waals surface area contributed by atoms with Crippen LogP contribution < -0.4 is 5.32 Å². The first-order chi connectivity index (χ1) is 13.0. The van der Waals surface area contributed by atoms with E-state index in [0.717, 1.165) is 31.2 Å². The zero-order chi connectivity index (χ0) is 19.7. The third-order valence-electron chi connectivity index (χ3n) is 4.51. The number of aliphatic hydroxyl groups is 1. The average molecular weight is 411 g/mol. The number of rotatable bonds is 11. The number of nitrogens with one attached hydrogen (secondary N) is 1. The van der Waals surface area contributed by atoms with Crippen LogP contribution in [0.3, 0.4) is 0 Å². The number of hydrogen-bond donors (Lipinski definition) is 3. The summed E-state index contributed by atoms with van der Waals surface area (Å²) >= 11 is 0. The Balaban J connectivity index is 0.00000392. The number of aliphatic hydroxyl groups excluding tert-OH is 1. The van der Waals surface area contributed by atoms with Gasteiger partial charge in [0.1, 0.15) is 6.20 Å². The zero-order valence-corrected chi connectivity index (χ0v) is 17.0. The molecule has 0 aliphatic carbocycles. The van der Waals surface area contributed by atoms with Gasteiger partial charge in [-0.15, -0.1) is 12.4 Å². The van der Waals surface area contributed by atoms with Crippen LogP contribution in [0.25, 0.3) is 0 Å². The fourth-order valence-corrected chi connectivity index (χ4v) is 3.06. The molecule has 1 aliphatic heterocycles. The highest BCUT2D eigenvalue weighted by Crippen LogP contribution is 2.20. The van der Waals surface area contributed by atoms with E-state index in [2.05, 4.69) is 17.2 Å². The van der Waals surface area contributed by atoms with Gasteiger partial charge in [0, 0.05) is 12.3 Å². The monoisotopic (exact) mass is 410 g/mol. The molecular formula is C20H29ClN3O4+. The quantitative estimate of drug-likeness (QED) is 0.385. The minimum absolute atomic E-state index is 0. The maximum Gasteiger partial charge on any atom is 0.360 e. The minimum Gasteiger partial charge on any atom is -0.477 e. The Morgan fingerprint density at radius 3 is 2.46 bits per heavy atom. The van der Waals surface area contributed by atoms with E-state index in [4.69, 9.17) is 5.11 Å². The predicted octanol–water partition coefficient (Wildman–Crippen LogP) is 2.95. The SMILES string of the molecule is CCCCCC[N+]1(CC(=O)O)C=NC(C(=O)Nc2ccc(CCO)cc2)=C1.Cl. The van der Waals surface area contributed by atoms with Gasteiger partial charge in [0.05, 0.1) is 6.54 Å². The molecular weight excluding hydrogens is 382 g/mol. The maximum absolute atomic E-state index is 12.5. The van der Waals surface area contributed by atoms with Crippen LogP contribution in [0.5, 0.6) is 0 Å². The second-order valence-electron chi connectivity index (χ2n) is 6.82. The van der Waals surface area contributed by atoms with Gasteiger partial charge in [0.15, 0.2) is 18.6 Å². The van der Waals surface area contributed by atoms with Crippen LogP contribution >= 0.6 is 12.4 Å². The van der Waals surface area contributed by atoms with Crippen LogP contribution in [-0.4, -0.2) is 52.6 Å². The maximum atomic E-state index is 12.5. The predicted molar refractivity (Wildman–Crippen MR) is 111 cm³/mol. The number of halogens is 1. The number of anilines is 1. The molecule has 154 valence electrons. The van der Waals surface area contributed by atoms with Crippen molar-refractivity contribution in [3.8, 4) is 0 Å². The number of carbonyl (C=O) groups excluding carboxylic acids is 1. The number of aliphatic carboxylic acids is 1. The second kappa shape index (κ2) is 11.6. The van der Waals surface area contributed by atoms with E-state index in [0.29, 0.717) is 18.7 Å². The van der Waals surface area contributed by atoms with Gasteiger partial charge in [0.2, 0.25) is 0 Å². The number of carboxylic acids is 1. The summed E-state index contributed by atoms with van der Waals surface area (Å²) in [6.45, 7) is 2.69. The molecule has 0 saturated heterocycles. The van der Waals surface area contributed by atoms with Crippen molar-refractivity contribution in [3.63, 3.8) is 0 Å². The number of amides is 1. The van der Waals surface area contributed by atoms with Gasteiger partial charge >= 0.3 is 5.97 Å². The third kappa shape index (κ3) is 7.07. The highest BCUT2D eigenvalue weighted by atomic mass is 35.5. The topological polar surface area (TPSA) is 99.0 Å². The van der Waals surface area contributed by atoms with Crippen LogP contribution in [0, 0.1) is 0 Å². The van der Waals surface area contributed by atoms with Gasteiger partial charge in [-0.3, -0.25) is 4.79 Å². The van der Waals surface area contributed by atoms with Crippen LogP contribution in [0.15, 0.2) is 41.2 Å². The average Bonchev–Trinajstić information content (AvgIpc) is 3.04. The lowest BCUT2D eigenvalue weighted by molar-refractivity contribution is -0.771. The van der Waals surface area contributed by atoms with Gasteiger partial charge < -0.3 is 15.5 Å². The second-order valence-corrected chi connectivity index (χ2v) is 6.82. The Kier molecular flexibility index (Phi) is 9.85. The van der Waals surface area contributed by atoms with E-state index in [1.54, 1.807) is 24.7 Å². The standard InChI is InChI=1S/C20H27N3O4.ClH/c1-2-3-4-5-11-23(14-19(25)26)13-18(21-15-23)20(27)22-17-8-6-16(7-9-17)10-12-24;/h6-9,13,15,24H,2-5,10-12,14H2,1H3,(H-,22,25,26,27);1H/p+1. The van der Waals surface area contributed by atoms with Gasteiger partial charge in [0.25, 0.3) is 5.91 Å². The van der Waals surface area contributed by atoms with E-state index in [1.807, 2.05) is 12.1 Å². The largest absolute Gasteiger partial charge is 0.477 e. The van der Waals surface area contributed by atoms with Crippen molar-refractivity contribution in [2.75, 3.05) is 25.0 Å². The van der Waals surface area contributed by atoms with Crippen LogP contribution in [0.2, 0.25) is 0 Å². The normalized spacial score (nSPS) is 17.7. The molecule has 1 atom stereocenters. The van der Waals surface area contributed by atoms with Crippen molar-refractivity contribution in [1.29, 1.82) is 0 Å². The van der Waals surface area contributed by atoms with Crippen molar-refractivity contribution < 1.29 is 24.3 Å². The molecule has 1 aliphatic rings. The molecule has 0 saturated carbocycles. The van der Waals surface area contributed by atoms with Crippen LogP contribution in [-0.2, 0) is 16.0 Å². The van der Waals surface area contributed by atoms with Crippen molar-refractivity contribution in [1.82, 2.24) is 0 Å². The Hall–Kier alpha value is -2.22. The number of hydrogen-bond acceptors (Lipinski definition) is 4. The number of aliphatic imine (C=N–C) groups is 1. The summed E-state index contributed by atoms with van der Waals surface area (Å²) in [7, 11) is 0. The molecule has 0 fully saturated rings. The lowest BCUT2D eigenvalue weighted by atomic mass is 10.1. The number of carboxylic acid groups (broad SMARTS) is 1. The molecule has 1 heterocycles. The molecule has 8 heteroatoms. The number of nitrogens with zero attached hydrogens (tertiary/aromatic N) is 2. The summed E-state index contributed by atoms with van der Waals surface area (Å²) in [5.41, 5.74) is 1.84. The van der Waals surface area contributed by atoms with E-state index in [9.17, 15) is 14.7 Å². The molecule has 0 bridgehead atoms. The van der Waals surface area contributed by atoms with Crippen LogP contribution in [0.1, 0.15) is 38.2 Å². The first kappa shape index (κ1) is 23.8. The Morgan fingerprint density at radius 1 is 1.14 bits per heavy atom. The number of benzene rings is 1. The number of carbonyl (C=O) groups is 2. The molecule has 0 aromatic heterocycles. The van der Waals surface area contributed by atoms with E-state index in [-0.39, 0.29) is 41.6 Å². The highest BCUT2D eigenvalue weighted by molar-refractivity contribution is 6.04. The van der Waals surface area contributed by atoms with Gasteiger partial charge in [-0.05, 0) is 37.0 Å². The molecule has 1 unspecified atom stereocenters. The van der Waals surface area contributed by atoms with Gasteiger partial charge in [-0.2, -0.15) is 4.99 Å². The Bertz CT molecular complexity index is 719. The van der Waals surface area contributed by atoms with Gasteiger partial charge in [-0.25, -0.2) is 9.28 Å². The van der Waals surface area contributed by atoms with Crippen molar-refractivity contribution in [2.24, 2.45) is 4.99 Å². The lowest BCUT2D eigenvalue weighted by Gasteiger charge is -2.25. The van der Waals surface area contributed by atoms with Crippen LogP contribution in [0.4, 0.5) is 5.69 Å². The summed E-state index contributed by atoms with van der Waals surface area (Å²) < 4.78 is 0.0667. The van der Waals surface area contributed by atoms with Crippen molar-refractivity contribution in [2.45, 2.75) is 39.0 Å². The van der Waals surface area contributed by atoms with E-state index < -0.39 is 5.97 Å². The fraction of sp³-hybridized carbons (Fsp3) is 0.450. The summed E-state index contributed by atoms with van der Waals surface area (Å²) in [5.74, 6) is -1.28. The number of unbranched alkanes of at least 4 members (excludes halogenated alkanes) is 3.